The van der Waals surface area contributed by atoms with E-state index >= 15 is 0 Å². The molecule has 19 heavy (non-hydrogen) atoms. The number of nitrogens with two attached hydrogens (primary N) is 1. The zero-order valence-corrected chi connectivity index (χ0v) is 11.5. The molecule has 0 aliphatic rings. The highest BCUT2D eigenvalue weighted by Crippen LogP contribution is 2.29. The van der Waals surface area contributed by atoms with Crippen LogP contribution in [0.1, 0.15) is 22.7 Å². The fourth-order valence-corrected chi connectivity index (χ4v) is 2.20. The van der Waals surface area contributed by atoms with Crippen LogP contribution in [0.4, 0.5) is 4.39 Å². The fraction of sp³-hybridized carbons (Fsp3) is 0.200. The molecule has 0 spiro atoms. The van der Waals surface area contributed by atoms with E-state index in [0.717, 1.165) is 11.1 Å². The molecule has 2 N–H and O–H groups in total. The van der Waals surface area contributed by atoms with Gasteiger partial charge >= 0.3 is 0 Å². The van der Waals surface area contributed by atoms with E-state index in [2.05, 4.69) is 0 Å². The minimum atomic E-state index is -0.345. The first-order chi connectivity index (χ1) is 9.02. The molecule has 0 heterocycles. The summed E-state index contributed by atoms with van der Waals surface area (Å²) in [6.45, 7) is 1.71. The van der Waals surface area contributed by atoms with E-state index in [1.165, 1.54) is 6.07 Å². The normalized spacial score (nSPS) is 12.3. The minimum Gasteiger partial charge on any atom is -0.495 e. The van der Waals surface area contributed by atoms with E-state index in [-0.39, 0.29) is 11.9 Å². The molecule has 2 aromatic carbocycles. The number of rotatable bonds is 3. The van der Waals surface area contributed by atoms with Crippen LogP contribution in [0.2, 0.25) is 5.02 Å². The van der Waals surface area contributed by atoms with Gasteiger partial charge in [-0.1, -0.05) is 29.8 Å². The Hall–Kier alpha value is -1.58. The van der Waals surface area contributed by atoms with E-state index in [1.807, 2.05) is 6.07 Å². The third kappa shape index (κ3) is 2.88. The first-order valence-corrected chi connectivity index (χ1v) is 6.26. The summed E-state index contributed by atoms with van der Waals surface area (Å²) < 4.78 is 18.3. The molecule has 0 amide bonds. The largest absolute Gasteiger partial charge is 0.495 e. The van der Waals surface area contributed by atoms with E-state index in [0.29, 0.717) is 16.3 Å². The van der Waals surface area contributed by atoms with E-state index in [9.17, 15) is 4.39 Å². The van der Waals surface area contributed by atoms with E-state index in [1.54, 1.807) is 38.3 Å². The summed E-state index contributed by atoms with van der Waals surface area (Å²) in [5, 5.41) is 0.509. The lowest BCUT2D eigenvalue weighted by atomic mass is 9.98. The molecule has 1 unspecified atom stereocenters. The Labute approximate surface area is 117 Å². The van der Waals surface area contributed by atoms with Gasteiger partial charge in [0.1, 0.15) is 11.6 Å². The van der Waals surface area contributed by atoms with Crippen LogP contribution < -0.4 is 10.5 Å². The summed E-state index contributed by atoms with van der Waals surface area (Å²) in [6.07, 6.45) is 0. The maximum atomic E-state index is 13.2. The standard InChI is InChI=1S/C15H15ClFNO/c1-9-7-10(3-5-13(9)17)15(18)11-4-6-14(19-2)12(16)8-11/h3-8,15H,18H2,1-2H3. The Morgan fingerprint density at radius 2 is 1.79 bits per heavy atom. The van der Waals surface area contributed by atoms with Crippen molar-refractivity contribution in [1.82, 2.24) is 0 Å². The highest BCUT2D eigenvalue weighted by atomic mass is 35.5. The zero-order valence-electron chi connectivity index (χ0n) is 10.8. The molecule has 0 aliphatic carbocycles. The smallest absolute Gasteiger partial charge is 0.137 e. The number of benzene rings is 2. The van der Waals surface area contributed by atoms with Crippen LogP contribution >= 0.6 is 11.6 Å². The van der Waals surface area contributed by atoms with Gasteiger partial charge in [0.2, 0.25) is 0 Å². The second-order valence-corrected chi connectivity index (χ2v) is 4.79. The van der Waals surface area contributed by atoms with Crippen molar-refractivity contribution in [2.45, 2.75) is 13.0 Å². The Kier molecular flexibility index (Phi) is 4.08. The molecule has 0 aliphatic heterocycles. The van der Waals surface area contributed by atoms with Crippen molar-refractivity contribution >= 4 is 11.6 Å². The number of hydrogen-bond donors (Lipinski definition) is 1. The van der Waals surface area contributed by atoms with Gasteiger partial charge in [-0.25, -0.2) is 4.39 Å². The van der Waals surface area contributed by atoms with Crippen LogP contribution in [0.15, 0.2) is 36.4 Å². The second-order valence-electron chi connectivity index (χ2n) is 4.38. The van der Waals surface area contributed by atoms with Gasteiger partial charge in [0.15, 0.2) is 0 Å². The van der Waals surface area contributed by atoms with Crippen LogP contribution in [-0.2, 0) is 0 Å². The molecule has 0 radical (unpaired) electrons. The van der Waals surface area contributed by atoms with Crippen LogP contribution in [0, 0.1) is 12.7 Å². The maximum Gasteiger partial charge on any atom is 0.137 e. The molecule has 4 heteroatoms. The van der Waals surface area contributed by atoms with Gasteiger partial charge < -0.3 is 10.5 Å². The number of aryl methyl sites for hydroxylation is 1. The molecular formula is C15H15ClFNO. The highest BCUT2D eigenvalue weighted by molar-refractivity contribution is 6.32. The second kappa shape index (κ2) is 5.59. The monoisotopic (exact) mass is 279 g/mol. The quantitative estimate of drug-likeness (QED) is 0.926. The number of ether oxygens (including phenoxy) is 1. The molecule has 0 fully saturated rings. The van der Waals surface area contributed by atoms with Crippen molar-refractivity contribution in [3.05, 3.63) is 63.9 Å². The maximum absolute atomic E-state index is 13.2. The van der Waals surface area contributed by atoms with Gasteiger partial charge in [0.05, 0.1) is 18.2 Å². The van der Waals surface area contributed by atoms with Gasteiger partial charge in [-0.3, -0.25) is 0 Å². The lowest BCUT2D eigenvalue weighted by Gasteiger charge is -2.15. The summed E-state index contributed by atoms with van der Waals surface area (Å²) in [4.78, 5) is 0. The van der Waals surface area contributed by atoms with Crippen LogP contribution in [0.3, 0.4) is 0 Å². The van der Waals surface area contributed by atoms with E-state index in [4.69, 9.17) is 22.1 Å². The van der Waals surface area contributed by atoms with Gasteiger partial charge in [0, 0.05) is 0 Å². The van der Waals surface area contributed by atoms with Crippen molar-refractivity contribution in [3.63, 3.8) is 0 Å². The van der Waals surface area contributed by atoms with Gasteiger partial charge in [-0.2, -0.15) is 0 Å². The van der Waals surface area contributed by atoms with Crippen molar-refractivity contribution in [2.24, 2.45) is 5.73 Å². The van der Waals surface area contributed by atoms with Crippen molar-refractivity contribution < 1.29 is 9.13 Å². The summed E-state index contributed by atoms with van der Waals surface area (Å²) in [6, 6.07) is 9.91. The zero-order chi connectivity index (χ0) is 14.0. The predicted octanol–water partition coefficient (Wildman–Crippen LogP) is 3.84. The Bertz CT molecular complexity index is 601. The number of halogens is 2. The molecule has 0 saturated heterocycles. The van der Waals surface area contributed by atoms with Gasteiger partial charge in [0.25, 0.3) is 0 Å². The Morgan fingerprint density at radius 1 is 1.16 bits per heavy atom. The van der Waals surface area contributed by atoms with Crippen molar-refractivity contribution in [2.75, 3.05) is 7.11 Å². The average Bonchev–Trinajstić information content (AvgIpc) is 2.41. The Balaban J connectivity index is 2.35. The number of methoxy groups -OCH3 is 1. The van der Waals surface area contributed by atoms with Crippen LogP contribution in [0.5, 0.6) is 5.75 Å². The van der Waals surface area contributed by atoms with Crippen LogP contribution in [-0.4, -0.2) is 7.11 Å². The van der Waals surface area contributed by atoms with Crippen molar-refractivity contribution in [3.8, 4) is 5.75 Å². The summed E-state index contributed by atoms with van der Waals surface area (Å²) in [5.41, 5.74) is 8.46. The molecule has 2 aromatic rings. The topological polar surface area (TPSA) is 35.2 Å². The highest BCUT2D eigenvalue weighted by Gasteiger charge is 2.12. The third-order valence-electron chi connectivity index (χ3n) is 3.08. The molecule has 0 saturated carbocycles. The minimum absolute atomic E-state index is 0.233. The molecular weight excluding hydrogens is 265 g/mol. The molecule has 2 nitrogen and oxygen atoms in total. The first kappa shape index (κ1) is 13.8. The lowest BCUT2D eigenvalue weighted by molar-refractivity contribution is 0.415. The number of hydrogen-bond acceptors (Lipinski definition) is 2. The summed E-state index contributed by atoms with van der Waals surface area (Å²) in [7, 11) is 1.56. The summed E-state index contributed by atoms with van der Waals surface area (Å²) >= 11 is 6.08. The van der Waals surface area contributed by atoms with Crippen molar-refractivity contribution in [1.29, 1.82) is 0 Å². The fourth-order valence-electron chi connectivity index (χ4n) is 1.93. The summed E-state index contributed by atoms with van der Waals surface area (Å²) in [5.74, 6) is 0.372. The molecule has 0 bridgehead atoms. The van der Waals surface area contributed by atoms with Gasteiger partial charge in [-0.05, 0) is 41.8 Å². The third-order valence-corrected chi connectivity index (χ3v) is 3.37. The SMILES string of the molecule is COc1ccc(C(N)c2ccc(F)c(C)c2)cc1Cl. The molecule has 100 valence electrons. The average molecular weight is 280 g/mol. The lowest BCUT2D eigenvalue weighted by Crippen LogP contribution is -2.12. The van der Waals surface area contributed by atoms with Gasteiger partial charge in [-0.15, -0.1) is 0 Å². The molecule has 2 rings (SSSR count). The first-order valence-electron chi connectivity index (χ1n) is 5.88. The molecule has 1 atom stereocenters. The van der Waals surface area contributed by atoms with Crippen LogP contribution in [0.25, 0.3) is 0 Å². The van der Waals surface area contributed by atoms with E-state index < -0.39 is 0 Å². The Morgan fingerprint density at radius 3 is 2.37 bits per heavy atom. The molecule has 0 aromatic heterocycles. The predicted molar refractivity (Wildman–Crippen MR) is 75.2 cm³/mol.